The highest BCUT2D eigenvalue weighted by Crippen LogP contribution is 2.62. The lowest BCUT2D eigenvalue weighted by molar-refractivity contribution is -0.256. The lowest BCUT2D eigenvalue weighted by Gasteiger charge is -2.59. The molecule has 2 aliphatic carbocycles. The number of hydrogen-bond donors (Lipinski definition) is 2. The van der Waals surface area contributed by atoms with Crippen molar-refractivity contribution in [2.24, 2.45) is 22.9 Å². The number of benzene rings is 4. The first-order chi connectivity index (χ1) is 31.5. The molecular formula is C53H62N2O10. The van der Waals surface area contributed by atoms with E-state index in [1.165, 1.54) is 7.11 Å². The fourth-order valence-electron chi connectivity index (χ4n) is 10.0. The molecule has 4 aromatic rings. The fraction of sp³-hybridized carbons (Fsp3) is 0.434. The van der Waals surface area contributed by atoms with Gasteiger partial charge in [0, 0.05) is 37.7 Å². The number of carbonyl (C=O) groups excluding carboxylic acids is 1. The summed E-state index contributed by atoms with van der Waals surface area (Å²) in [5, 5.41) is 24.9. The first-order valence-corrected chi connectivity index (χ1v) is 22.9. The molecule has 4 aromatic carbocycles. The Kier molecular flexibility index (Phi) is 14.2. The summed E-state index contributed by atoms with van der Waals surface area (Å²) in [5.74, 6) is 1.08. The number of methoxy groups -OCH3 is 1. The number of hydrogen-bond acceptors (Lipinski definition) is 11. The predicted octanol–water partition coefficient (Wildman–Crippen LogP) is 10.6. The van der Waals surface area contributed by atoms with E-state index >= 15 is 0 Å². The van der Waals surface area contributed by atoms with Crippen LogP contribution in [-0.2, 0) is 20.9 Å². The molecule has 0 spiro atoms. The van der Waals surface area contributed by atoms with Crippen molar-refractivity contribution in [1.82, 2.24) is 4.90 Å². The number of aliphatic hydroxyl groups is 2. The quantitative estimate of drug-likeness (QED) is 0.0564. The second-order valence-corrected chi connectivity index (χ2v) is 18.3. The zero-order chi connectivity index (χ0) is 45.6. The largest absolute Gasteiger partial charge is 0.459 e. The average molecular weight is 887 g/mol. The highest BCUT2D eigenvalue weighted by Gasteiger charge is 2.65. The second kappa shape index (κ2) is 20.1. The maximum absolute atomic E-state index is 14.4. The molecule has 8 rings (SSSR count). The van der Waals surface area contributed by atoms with Crippen LogP contribution in [0.5, 0.6) is 28.7 Å². The topological polar surface area (TPSA) is 138 Å². The summed E-state index contributed by atoms with van der Waals surface area (Å²) in [7, 11) is 1.38. The van der Waals surface area contributed by atoms with Crippen LogP contribution in [0, 0.1) is 17.8 Å². The zero-order valence-electron chi connectivity index (χ0n) is 37.9. The minimum atomic E-state index is -1.47. The maximum atomic E-state index is 14.4. The summed E-state index contributed by atoms with van der Waals surface area (Å²) in [4.78, 5) is 22.3. The van der Waals surface area contributed by atoms with Crippen LogP contribution in [0.1, 0.15) is 82.8 Å². The van der Waals surface area contributed by atoms with Crippen LogP contribution in [0.2, 0.25) is 0 Å². The predicted molar refractivity (Wildman–Crippen MR) is 248 cm³/mol. The molecule has 65 heavy (non-hydrogen) atoms. The summed E-state index contributed by atoms with van der Waals surface area (Å²) in [5.41, 5.74) is 4.97. The van der Waals surface area contributed by atoms with Crippen molar-refractivity contribution in [3.63, 3.8) is 0 Å². The lowest BCUT2D eigenvalue weighted by atomic mass is 9.55. The molecule has 0 bridgehead atoms. The van der Waals surface area contributed by atoms with Gasteiger partial charge in [0.2, 0.25) is 12.6 Å². The normalized spacial score (nSPS) is 23.4. The molecule has 0 saturated heterocycles. The number of fused-ring (bicyclic) bond motifs is 3. The van der Waals surface area contributed by atoms with Gasteiger partial charge in [0.15, 0.2) is 11.5 Å². The number of nitrogens with zero attached hydrogens (tertiary/aromatic N) is 2. The first kappa shape index (κ1) is 45.7. The van der Waals surface area contributed by atoms with Gasteiger partial charge in [0.1, 0.15) is 28.9 Å². The Morgan fingerprint density at radius 2 is 1.58 bits per heavy atom. The van der Waals surface area contributed by atoms with Gasteiger partial charge in [-0.3, -0.25) is 4.90 Å². The molecule has 1 fully saturated rings. The highest BCUT2D eigenvalue weighted by molar-refractivity contribution is 6.03. The molecule has 2 aliphatic heterocycles. The molecular weight excluding hydrogens is 825 g/mol. The number of carbonyl (C=O) groups is 1. The van der Waals surface area contributed by atoms with Gasteiger partial charge in [0.25, 0.3) is 0 Å². The van der Waals surface area contributed by atoms with Crippen molar-refractivity contribution in [2.75, 3.05) is 33.7 Å². The zero-order valence-corrected chi connectivity index (χ0v) is 37.9. The van der Waals surface area contributed by atoms with E-state index in [9.17, 15) is 15.0 Å². The molecule has 1 amide bonds. The minimum absolute atomic E-state index is 0.0349. The van der Waals surface area contributed by atoms with Gasteiger partial charge in [-0.05, 0) is 123 Å². The van der Waals surface area contributed by atoms with Crippen molar-refractivity contribution in [3.8, 4) is 39.9 Å². The summed E-state index contributed by atoms with van der Waals surface area (Å²) < 4.78 is 38.1. The third-order valence-corrected chi connectivity index (χ3v) is 12.8. The van der Waals surface area contributed by atoms with Gasteiger partial charge in [-0.25, -0.2) is 4.79 Å². The Labute approximate surface area is 382 Å². The molecule has 1 saturated carbocycles. The van der Waals surface area contributed by atoms with E-state index in [1.54, 1.807) is 11.0 Å². The molecule has 4 aliphatic rings. The summed E-state index contributed by atoms with van der Waals surface area (Å²) >= 11 is 0. The van der Waals surface area contributed by atoms with E-state index in [4.69, 9.17) is 38.4 Å². The molecule has 12 heteroatoms. The minimum Gasteiger partial charge on any atom is -0.459 e. The van der Waals surface area contributed by atoms with Gasteiger partial charge < -0.3 is 43.5 Å². The van der Waals surface area contributed by atoms with Gasteiger partial charge >= 0.3 is 6.09 Å². The van der Waals surface area contributed by atoms with Crippen LogP contribution in [0.4, 0.5) is 4.79 Å². The molecule has 0 unspecified atom stereocenters. The molecule has 2 heterocycles. The van der Waals surface area contributed by atoms with E-state index in [0.717, 1.165) is 53.5 Å². The van der Waals surface area contributed by atoms with Crippen molar-refractivity contribution >= 4 is 11.8 Å². The molecule has 2 N–H and O–H groups in total. The Balaban J connectivity index is 1.30. The first-order valence-electron chi connectivity index (χ1n) is 22.9. The molecule has 0 radical (unpaired) electrons. The third-order valence-electron chi connectivity index (χ3n) is 12.8. The second-order valence-electron chi connectivity index (χ2n) is 18.3. The summed E-state index contributed by atoms with van der Waals surface area (Å²) in [6.45, 7) is 10.5. The smallest absolute Gasteiger partial charge is 0.410 e. The number of ether oxygens (including phenoxy) is 6. The van der Waals surface area contributed by atoms with Crippen molar-refractivity contribution in [3.05, 3.63) is 126 Å². The summed E-state index contributed by atoms with van der Waals surface area (Å²) in [6, 6.07) is 29.1. The van der Waals surface area contributed by atoms with Crippen LogP contribution in [0.3, 0.4) is 0 Å². The Morgan fingerprint density at radius 3 is 2.31 bits per heavy atom. The fourth-order valence-corrected chi connectivity index (χ4v) is 10.0. The van der Waals surface area contributed by atoms with Gasteiger partial charge in [-0.1, -0.05) is 78.7 Å². The molecule has 0 aromatic heterocycles. The molecule has 6 atom stereocenters. The van der Waals surface area contributed by atoms with E-state index < -0.39 is 29.4 Å². The Bertz CT molecular complexity index is 2340. The van der Waals surface area contributed by atoms with Crippen LogP contribution in [-0.4, -0.2) is 78.1 Å². The number of rotatable bonds is 18. The highest BCUT2D eigenvalue weighted by atomic mass is 16.7. The third kappa shape index (κ3) is 9.90. The van der Waals surface area contributed by atoms with Crippen LogP contribution >= 0.6 is 0 Å². The lowest BCUT2D eigenvalue weighted by Crippen LogP contribution is -2.70. The van der Waals surface area contributed by atoms with Crippen LogP contribution < -0.4 is 18.9 Å². The Morgan fingerprint density at radius 1 is 0.877 bits per heavy atom. The standard InChI is InChI=1S/C53H62N2O10/c1-6-28-62-53-48(55(51(58)59-5)33-35-18-24-46-47(29-35)61-34-60-46)32-44(54-65-52(2,3)4)42-30-38(16-10-12-26-56)41(17-11-13-27-57)49(50(42)53)43-31-40(23-25-45(43)64-53)63-39-21-19-37(20-22-39)36-14-8-7-9-15-36/h6-9,14-15,18-25,29-31,38,41,48-50,56-57H,1,10-13,16-17,26-28,32-34H2,2-5H3/t38-,41+,48-,49+,50+,53+/m0/s1. The van der Waals surface area contributed by atoms with Crippen molar-refractivity contribution < 1.29 is 48.3 Å². The van der Waals surface area contributed by atoms with E-state index in [2.05, 4.69) is 43.0 Å². The SMILES string of the molecule is C=CCO[C@@]12Oc3ccc(Oc4ccc(-c5ccccc5)cc4)cc3[C@H]3[C@H](CCCCO)[C@@H](CCCCO)C=C(C(=NOC(C)(C)C)C[C@@H]1N(Cc1ccc4c(c1)OCO4)C(=O)OC)[C@H]32. The summed E-state index contributed by atoms with van der Waals surface area (Å²) in [6.07, 6.45) is 8.25. The molecule has 12 nitrogen and oxygen atoms in total. The Hall–Kier alpha value is -5.82. The monoisotopic (exact) mass is 886 g/mol. The average Bonchev–Trinajstić information content (AvgIpc) is 3.79. The van der Waals surface area contributed by atoms with E-state index in [1.807, 2.05) is 81.4 Å². The maximum Gasteiger partial charge on any atom is 0.410 e. The van der Waals surface area contributed by atoms with Crippen LogP contribution in [0.25, 0.3) is 11.1 Å². The van der Waals surface area contributed by atoms with Crippen molar-refractivity contribution in [1.29, 1.82) is 0 Å². The van der Waals surface area contributed by atoms with Gasteiger partial charge in [-0.2, -0.15) is 0 Å². The number of allylic oxidation sites excluding steroid dienone is 1. The number of oxime groups is 1. The van der Waals surface area contributed by atoms with Gasteiger partial charge in [-0.15, -0.1) is 6.58 Å². The van der Waals surface area contributed by atoms with E-state index in [-0.39, 0.29) is 57.3 Å². The van der Waals surface area contributed by atoms with Crippen molar-refractivity contribution in [2.45, 2.75) is 95.6 Å². The van der Waals surface area contributed by atoms with Crippen LogP contribution in [0.15, 0.2) is 120 Å². The van der Waals surface area contributed by atoms with E-state index in [0.29, 0.717) is 47.3 Å². The number of unbranched alkanes of at least 4 members (excludes halogenated alkanes) is 2. The molecule has 344 valence electrons. The number of aliphatic hydroxyl groups excluding tert-OH is 2. The van der Waals surface area contributed by atoms with Gasteiger partial charge in [0.05, 0.1) is 25.3 Å². The number of amides is 1.